The van der Waals surface area contributed by atoms with Gasteiger partial charge < -0.3 is 10.2 Å². The van der Waals surface area contributed by atoms with Crippen molar-refractivity contribution in [3.63, 3.8) is 0 Å². The Labute approximate surface area is 145 Å². The highest BCUT2D eigenvalue weighted by Gasteiger charge is 2.06. The van der Waals surface area contributed by atoms with E-state index in [-0.39, 0.29) is 0 Å². The van der Waals surface area contributed by atoms with Crippen LogP contribution >= 0.6 is 0 Å². The summed E-state index contributed by atoms with van der Waals surface area (Å²) >= 11 is 0. The van der Waals surface area contributed by atoms with Crippen molar-refractivity contribution in [1.29, 1.82) is 0 Å². The van der Waals surface area contributed by atoms with Gasteiger partial charge in [0.2, 0.25) is 0 Å². The van der Waals surface area contributed by atoms with Crippen LogP contribution in [-0.4, -0.2) is 40.8 Å². The predicted molar refractivity (Wildman–Crippen MR) is 100 cm³/mol. The Kier molecular flexibility index (Phi) is 6.85. The molecule has 0 saturated carbocycles. The zero-order valence-electron chi connectivity index (χ0n) is 15.3. The van der Waals surface area contributed by atoms with Crippen LogP contribution in [0.25, 0.3) is 0 Å². The first-order valence-electron chi connectivity index (χ1n) is 8.67. The van der Waals surface area contributed by atoms with Crippen LogP contribution in [-0.2, 0) is 26.4 Å². The second kappa shape index (κ2) is 9.11. The van der Waals surface area contributed by atoms with E-state index in [9.17, 15) is 0 Å². The lowest BCUT2D eigenvalue weighted by Crippen LogP contribution is -2.38. The first-order valence-corrected chi connectivity index (χ1v) is 8.67. The van der Waals surface area contributed by atoms with Crippen molar-refractivity contribution in [3.8, 4) is 0 Å². The molecule has 0 spiro atoms. The zero-order valence-corrected chi connectivity index (χ0v) is 15.3. The molecule has 130 valence electrons. The maximum absolute atomic E-state index is 4.74. The molecule has 5 heteroatoms. The summed E-state index contributed by atoms with van der Waals surface area (Å²) in [5.74, 6) is 0.945. The van der Waals surface area contributed by atoms with Crippen LogP contribution in [0.4, 0.5) is 0 Å². The molecule has 1 aromatic carbocycles. The van der Waals surface area contributed by atoms with Gasteiger partial charge in [-0.1, -0.05) is 31.2 Å². The number of aromatic nitrogens is 2. The summed E-state index contributed by atoms with van der Waals surface area (Å²) in [5, 5.41) is 7.57. The highest BCUT2D eigenvalue weighted by Crippen LogP contribution is 2.07. The van der Waals surface area contributed by atoms with Crippen molar-refractivity contribution < 1.29 is 0 Å². The number of rotatable bonds is 7. The van der Waals surface area contributed by atoms with Gasteiger partial charge >= 0.3 is 0 Å². The topological polar surface area (TPSA) is 45.5 Å². The van der Waals surface area contributed by atoms with Crippen molar-refractivity contribution in [3.05, 3.63) is 53.3 Å². The fourth-order valence-electron chi connectivity index (χ4n) is 2.59. The largest absolute Gasteiger partial charge is 0.357 e. The Balaban J connectivity index is 1.94. The van der Waals surface area contributed by atoms with E-state index in [0.717, 1.165) is 38.4 Å². The van der Waals surface area contributed by atoms with E-state index in [1.807, 2.05) is 24.1 Å². The van der Waals surface area contributed by atoms with Gasteiger partial charge in [-0.15, -0.1) is 0 Å². The number of guanidine groups is 1. The van der Waals surface area contributed by atoms with E-state index < -0.39 is 0 Å². The molecule has 0 fully saturated rings. The van der Waals surface area contributed by atoms with Gasteiger partial charge in [-0.25, -0.2) is 0 Å². The summed E-state index contributed by atoms with van der Waals surface area (Å²) < 4.78 is 1.83. The fraction of sp³-hybridized carbons (Fsp3) is 0.474. The van der Waals surface area contributed by atoms with E-state index in [4.69, 9.17) is 4.99 Å². The summed E-state index contributed by atoms with van der Waals surface area (Å²) in [6, 6.07) is 8.81. The van der Waals surface area contributed by atoms with Gasteiger partial charge in [-0.05, 0) is 36.5 Å². The Morgan fingerprint density at radius 3 is 2.46 bits per heavy atom. The molecule has 0 radical (unpaired) electrons. The molecule has 0 aliphatic rings. The summed E-state index contributed by atoms with van der Waals surface area (Å²) in [4.78, 5) is 6.92. The SMILES string of the molecule is CCNC(=NCCc1cnn(C)c1)N(C)Cc1ccc(CC)cc1. The third kappa shape index (κ3) is 5.41. The first-order chi connectivity index (χ1) is 11.6. The molecule has 24 heavy (non-hydrogen) atoms. The average molecular weight is 327 g/mol. The van der Waals surface area contributed by atoms with Gasteiger partial charge in [0.15, 0.2) is 5.96 Å². The second-order valence-corrected chi connectivity index (χ2v) is 6.03. The van der Waals surface area contributed by atoms with Crippen LogP contribution in [0.15, 0.2) is 41.7 Å². The van der Waals surface area contributed by atoms with E-state index in [1.54, 1.807) is 0 Å². The number of nitrogens with zero attached hydrogens (tertiary/aromatic N) is 4. The highest BCUT2D eigenvalue weighted by atomic mass is 15.3. The van der Waals surface area contributed by atoms with E-state index in [1.165, 1.54) is 16.7 Å². The summed E-state index contributed by atoms with van der Waals surface area (Å²) in [5.41, 5.74) is 3.89. The predicted octanol–water partition coefficient (Wildman–Crippen LogP) is 2.62. The van der Waals surface area contributed by atoms with Crippen molar-refractivity contribution in [1.82, 2.24) is 20.0 Å². The molecule has 5 nitrogen and oxygen atoms in total. The van der Waals surface area contributed by atoms with Crippen LogP contribution in [0.5, 0.6) is 0 Å². The van der Waals surface area contributed by atoms with Crippen molar-refractivity contribution in [2.75, 3.05) is 20.1 Å². The maximum atomic E-state index is 4.74. The van der Waals surface area contributed by atoms with Gasteiger partial charge in [0.1, 0.15) is 0 Å². The van der Waals surface area contributed by atoms with Crippen LogP contribution < -0.4 is 5.32 Å². The molecule has 0 unspecified atom stereocenters. The molecule has 1 heterocycles. The second-order valence-electron chi connectivity index (χ2n) is 6.03. The van der Waals surface area contributed by atoms with Crippen LogP contribution in [0.3, 0.4) is 0 Å². The van der Waals surface area contributed by atoms with Crippen LogP contribution in [0.2, 0.25) is 0 Å². The lowest BCUT2D eigenvalue weighted by Gasteiger charge is -2.22. The quantitative estimate of drug-likeness (QED) is 0.628. The lowest BCUT2D eigenvalue weighted by molar-refractivity contribution is 0.477. The smallest absolute Gasteiger partial charge is 0.193 e. The van der Waals surface area contributed by atoms with E-state index >= 15 is 0 Å². The van der Waals surface area contributed by atoms with Gasteiger partial charge in [-0.2, -0.15) is 5.10 Å². The average Bonchev–Trinajstić information content (AvgIpc) is 3.00. The molecule has 0 bridgehead atoms. The van der Waals surface area contributed by atoms with E-state index in [0.29, 0.717) is 0 Å². The van der Waals surface area contributed by atoms with Crippen molar-refractivity contribution in [2.24, 2.45) is 12.0 Å². The normalized spacial score (nSPS) is 11.6. The monoisotopic (exact) mass is 327 g/mol. The Hall–Kier alpha value is -2.30. The number of hydrogen-bond acceptors (Lipinski definition) is 2. The Bertz CT molecular complexity index is 642. The van der Waals surface area contributed by atoms with Crippen molar-refractivity contribution in [2.45, 2.75) is 33.2 Å². The fourth-order valence-corrected chi connectivity index (χ4v) is 2.59. The summed E-state index contributed by atoms with van der Waals surface area (Å²) in [6.07, 6.45) is 5.93. The number of hydrogen-bond donors (Lipinski definition) is 1. The molecule has 1 aromatic heterocycles. The van der Waals surface area contributed by atoms with Gasteiger partial charge in [0.05, 0.1) is 6.20 Å². The van der Waals surface area contributed by atoms with E-state index in [2.05, 4.69) is 60.5 Å². The standard InChI is InChI=1S/C19H29N5/c1-5-16-7-9-17(10-8-16)14-23(3)19(20-6-2)21-12-11-18-13-22-24(4)15-18/h7-10,13,15H,5-6,11-12,14H2,1-4H3,(H,20,21). The van der Waals surface area contributed by atoms with Crippen molar-refractivity contribution >= 4 is 5.96 Å². The number of aryl methyl sites for hydroxylation is 2. The minimum Gasteiger partial charge on any atom is -0.357 e. The van der Waals surface area contributed by atoms with Gasteiger partial charge in [0.25, 0.3) is 0 Å². The zero-order chi connectivity index (χ0) is 17.4. The molecule has 0 aliphatic carbocycles. The number of benzene rings is 1. The third-order valence-corrected chi connectivity index (χ3v) is 3.97. The lowest BCUT2D eigenvalue weighted by atomic mass is 10.1. The minimum absolute atomic E-state index is 0.757. The first kappa shape index (κ1) is 18.0. The molecule has 0 aliphatic heterocycles. The molecule has 2 aromatic rings. The summed E-state index contributed by atoms with van der Waals surface area (Å²) in [6.45, 7) is 6.75. The minimum atomic E-state index is 0.757. The summed E-state index contributed by atoms with van der Waals surface area (Å²) in [7, 11) is 4.02. The molecule has 0 amide bonds. The van der Waals surface area contributed by atoms with Gasteiger partial charge in [-0.3, -0.25) is 9.67 Å². The number of nitrogens with one attached hydrogen (secondary N) is 1. The Morgan fingerprint density at radius 2 is 1.88 bits per heavy atom. The van der Waals surface area contributed by atoms with Gasteiger partial charge in [0, 0.05) is 39.9 Å². The molecule has 1 N–H and O–H groups in total. The molecule has 0 atom stereocenters. The molecular formula is C19H29N5. The molecule has 0 saturated heterocycles. The van der Waals surface area contributed by atoms with Crippen LogP contribution in [0.1, 0.15) is 30.5 Å². The Morgan fingerprint density at radius 1 is 1.17 bits per heavy atom. The third-order valence-electron chi connectivity index (χ3n) is 3.97. The number of aliphatic imine (C=N–C) groups is 1. The highest BCUT2D eigenvalue weighted by molar-refractivity contribution is 5.79. The van der Waals surface area contributed by atoms with Crippen LogP contribution in [0, 0.1) is 0 Å². The molecular weight excluding hydrogens is 298 g/mol. The maximum Gasteiger partial charge on any atom is 0.193 e. The molecule has 2 rings (SSSR count).